The lowest BCUT2D eigenvalue weighted by Crippen LogP contribution is -2.18. The number of para-hydroxylation sites is 2. The minimum Gasteiger partial charge on any atom is -0.457 e. The molecule has 0 unspecified atom stereocenters. The third-order valence-electron chi connectivity index (χ3n) is 4.48. The molecule has 4 aromatic rings. The van der Waals surface area contributed by atoms with Crippen molar-refractivity contribution in [1.82, 2.24) is 10.4 Å². The van der Waals surface area contributed by atoms with E-state index in [1.54, 1.807) is 30.6 Å². The third-order valence-corrected chi connectivity index (χ3v) is 4.48. The van der Waals surface area contributed by atoms with E-state index in [4.69, 9.17) is 4.74 Å². The molecule has 4 rings (SSSR count). The van der Waals surface area contributed by atoms with E-state index in [1.807, 2.05) is 67.6 Å². The molecule has 5 heteroatoms. The smallest absolute Gasteiger partial charge is 0.275 e. The molecule has 1 aromatic heterocycles. The summed E-state index contributed by atoms with van der Waals surface area (Å²) >= 11 is 0. The van der Waals surface area contributed by atoms with Gasteiger partial charge < -0.3 is 4.74 Å². The molecule has 0 saturated heterocycles. The number of nitrogens with zero attached hydrogens (tertiary/aromatic N) is 2. The van der Waals surface area contributed by atoms with Crippen LogP contribution in [0.4, 0.5) is 0 Å². The lowest BCUT2D eigenvalue weighted by Gasteiger charge is -2.10. The Hall–Kier alpha value is -3.99. The number of pyridine rings is 1. The number of carbonyl (C=O) groups is 1. The van der Waals surface area contributed by atoms with E-state index in [0.717, 1.165) is 22.0 Å². The summed E-state index contributed by atoms with van der Waals surface area (Å²) in [5.74, 6) is 0.786. The Morgan fingerprint density at radius 3 is 2.62 bits per heavy atom. The minimum absolute atomic E-state index is 0.345. The van der Waals surface area contributed by atoms with E-state index < -0.39 is 0 Å². The molecule has 0 aliphatic heterocycles. The van der Waals surface area contributed by atoms with Crippen molar-refractivity contribution in [2.24, 2.45) is 5.10 Å². The van der Waals surface area contributed by atoms with Gasteiger partial charge >= 0.3 is 0 Å². The van der Waals surface area contributed by atoms with Crippen molar-refractivity contribution >= 4 is 23.0 Å². The number of aryl methyl sites for hydroxylation is 1. The first kappa shape index (κ1) is 18.4. The number of carbonyl (C=O) groups excluding carboxylic acids is 1. The van der Waals surface area contributed by atoms with Crippen LogP contribution in [0.1, 0.15) is 21.5 Å². The number of aromatic nitrogens is 1. The van der Waals surface area contributed by atoms with Gasteiger partial charge in [-0.15, -0.1) is 0 Å². The van der Waals surface area contributed by atoms with E-state index in [-0.39, 0.29) is 5.91 Å². The highest BCUT2D eigenvalue weighted by molar-refractivity contribution is 6.01. The van der Waals surface area contributed by atoms with E-state index in [1.165, 1.54) is 0 Å². The summed E-state index contributed by atoms with van der Waals surface area (Å²) in [6.45, 7) is 2.02. The Balaban J connectivity index is 1.53. The van der Waals surface area contributed by atoms with Crippen LogP contribution in [-0.4, -0.2) is 17.1 Å². The van der Waals surface area contributed by atoms with Gasteiger partial charge in [0.15, 0.2) is 0 Å². The fourth-order valence-electron chi connectivity index (χ4n) is 3.03. The van der Waals surface area contributed by atoms with Crippen LogP contribution >= 0.6 is 0 Å². The topological polar surface area (TPSA) is 63.6 Å². The standard InChI is InChI=1S/C24H19N3O2/c1-17-13-14-18(20-11-7-15-25-23(17)20)16-26-27-24(28)21-10-5-6-12-22(21)29-19-8-3-2-4-9-19/h2-16H,1H3,(H,27,28)/b26-16+. The van der Waals surface area contributed by atoms with Crippen molar-refractivity contribution in [3.63, 3.8) is 0 Å². The van der Waals surface area contributed by atoms with Crippen LogP contribution in [0.3, 0.4) is 0 Å². The van der Waals surface area contributed by atoms with E-state index in [0.29, 0.717) is 17.1 Å². The van der Waals surface area contributed by atoms with Gasteiger partial charge in [-0.1, -0.05) is 48.5 Å². The van der Waals surface area contributed by atoms with Crippen molar-refractivity contribution < 1.29 is 9.53 Å². The summed E-state index contributed by atoms with van der Waals surface area (Å²) in [4.78, 5) is 17.1. The Morgan fingerprint density at radius 2 is 1.76 bits per heavy atom. The van der Waals surface area contributed by atoms with Crippen LogP contribution in [0.5, 0.6) is 11.5 Å². The highest BCUT2D eigenvalue weighted by Gasteiger charge is 2.12. The zero-order valence-electron chi connectivity index (χ0n) is 15.9. The number of rotatable bonds is 5. The Morgan fingerprint density at radius 1 is 0.966 bits per heavy atom. The van der Waals surface area contributed by atoms with Gasteiger partial charge in [-0.2, -0.15) is 5.10 Å². The van der Waals surface area contributed by atoms with Gasteiger partial charge in [-0.3, -0.25) is 9.78 Å². The molecule has 5 nitrogen and oxygen atoms in total. The molecule has 3 aromatic carbocycles. The predicted molar refractivity (Wildman–Crippen MR) is 114 cm³/mol. The van der Waals surface area contributed by atoms with E-state index in [2.05, 4.69) is 15.5 Å². The number of benzene rings is 3. The summed E-state index contributed by atoms with van der Waals surface area (Å²) in [6.07, 6.45) is 3.39. The molecule has 0 bridgehead atoms. The average molecular weight is 381 g/mol. The third kappa shape index (κ3) is 4.14. The average Bonchev–Trinajstić information content (AvgIpc) is 2.76. The van der Waals surface area contributed by atoms with Crippen LogP contribution in [0, 0.1) is 6.92 Å². The number of hydrazone groups is 1. The Labute approximate surface area is 168 Å². The van der Waals surface area contributed by atoms with Gasteiger partial charge in [0.1, 0.15) is 11.5 Å². The van der Waals surface area contributed by atoms with Gasteiger partial charge in [0.05, 0.1) is 17.3 Å². The van der Waals surface area contributed by atoms with Gasteiger partial charge in [-0.05, 0) is 42.8 Å². The largest absolute Gasteiger partial charge is 0.457 e. The van der Waals surface area contributed by atoms with Gasteiger partial charge in [0.2, 0.25) is 0 Å². The molecule has 0 aliphatic rings. The lowest BCUT2D eigenvalue weighted by atomic mass is 10.1. The molecule has 0 aliphatic carbocycles. The number of amides is 1. The molecular weight excluding hydrogens is 362 g/mol. The summed E-state index contributed by atoms with van der Waals surface area (Å²) in [5, 5.41) is 5.12. The molecule has 1 N–H and O–H groups in total. The monoisotopic (exact) mass is 381 g/mol. The predicted octanol–water partition coefficient (Wildman–Crippen LogP) is 5.10. The number of ether oxygens (including phenoxy) is 1. The van der Waals surface area contributed by atoms with Crippen LogP contribution in [0.25, 0.3) is 10.9 Å². The van der Waals surface area contributed by atoms with Gasteiger partial charge in [-0.25, -0.2) is 5.43 Å². The molecule has 0 atom stereocenters. The summed E-state index contributed by atoms with van der Waals surface area (Å²) in [5.41, 5.74) is 5.88. The molecule has 0 radical (unpaired) electrons. The Bertz CT molecular complexity index is 1190. The fourth-order valence-corrected chi connectivity index (χ4v) is 3.03. The second-order valence-electron chi connectivity index (χ2n) is 6.48. The highest BCUT2D eigenvalue weighted by Crippen LogP contribution is 2.25. The number of fused-ring (bicyclic) bond motifs is 1. The second kappa shape index (κ2) is 8.35. The summed E-state index contributed by atoms with van der Waals surface area (Å²) in [7, 11) is 0. The lowest BCUT2D eigenvalue weighted by molar-refractivity contribution is 0.0953. The molecule has 0 fully saturated rings. The zero-order valence-corrected chi connectivity index (χ0v) is 15.9. The maximum absolute atomic E-state index is 12.6. The van der Waals surface area contributed by atoms with Crippen molar-refractivity contribution in [3.05, 3.63) is 102 Å². The molecule has 29 heavy (non-hydrogen) atoms. The van der Waals surface area contributed by atoms with E-state index in [9.17, 15) is 4.79 Å². The van der Waals surface area contributed by atoms with Crippen LogP contribution < -0.4 is 10.2 Å². The molecule has 142 valence electrons. The first-order valence-corrected chi connectivity index (χ1v) is 9.22. The molecule has 0 spiro atoms. The quantitative estimate of drug-likeness (QED) is 0.386. The van der Waals surface area contributed by atoms with Crippen molar-refractivity contribution in [2.45, 2.75) is 6.92 Å². The minimum atomic E-state index is -0.345. The van der Waals surface area contributed by atoms with Gasteiger partial charge in [0.25, 0.3) is 5.91 Å². The molecular formula is C24H19N3O2. The second-order valence-corrected chi connectivity index (χ2v) is 6.48. The van der Waals surface area contributed by atoms with Crippen LogP contribution in [-0.2, 0) is 0 Å². The molecule has 0 saturated carbocycles. The summed E-state index contributed by atoms with van der Waals surface area (Å²) in [6, 6.07) is 24.2. The number of hydrogen-bond acceptors (Lipinski definition) is 4. The first-order valence-electron chi connectivity index (χ1n) is 9.22. The molecule has 1 amide bonds. The molecule has 1 heterocycles. The number of hydrogen-bond donors (Lipinski definition) is 1. The summed E-state index contributed by atoms with van der Waals surface area (Å²) < 4.78 is 5.85. The maximum atomic E-state index is 12.6. The zero-order chi connectivity index (χ0) is 20.1. The maximum Gasteiger partial charge on any atom is 0.275 e. The SMILES string of the molecule is Cc1ccc(/C=N/NC(=O)c2ccccc2Oc2ccccc2)c2cccnc12. The van der Waals surface area contributed by atoms with Crippen molar-refractivity contribution in [3.8, 4) is 11.5 Å². The highest BCUT2D eigenvalue weighted by atomic mass is 16.5. The normalized spacial score (nSPS) is 10.9. The van der Waals surface area contributed by atoms with Gasteiger partial charge in [0, 0.05) is 17.1 Å². The van der Waals surface area contributed by atoms with Crippen LogP contribution in [0.2, 0.25) is 0 Å². The van der Waals surface area contributed by atoms with Crippen molar-refractivity contribution in [2.75, 3.05) is 0 Å². The Kier molecular flexibility index (Phi) is 5.29. The first-order chi connectivity index (χ1) is 14.2. The van der Waals surface area contributed by atoms with E-state index >= 15 is 0 Å². The van der Waals surface area contributed by atoms with Crippen LogP contribution in [0.15, 0.2) is 90.2 Å². The number of nitrogens with one attached hydrogen (secondary N) is 1. The van der Waals surface area contributed by atoms with Crippen molar-refractivity contribution in [1.29, 1.82) is 0 Å². The fraction of sp³-hybridized carbons (Fsp3) is 0.0417.